The van der Waals surface area contributed by atoms with Gasteiger partial charge < -0.3 is 9.47 Å². The lowest BCUT2D eigenvalue weighted by molar-refractivity contribution is 0.349. The SMILES string of the molecule is ClC1=COc2ccccc2O1. The third-order valence-corrected chi connectivity index (χ3v) is 1.50. The Kier molecular flexibility index (Phi) is 1.47. The Morgan fingerprint density at radius 3 is 2.64 bits per heavy atom. The van der Waals surface area contributed by atoms with Crippen molar-refractivity contribution in [1.82, 2.24) is 0 Å². The number of hydrogen-bond donors (Lipinski definition) is 0. The Balaban J connectivity index is 2.42. The van der Waals surface area contributed by atoms with Crippen LogP contribution in [0.25, 0.3) is 0 Å². The van der Waals surface area contributed by atoms with Gasteiger partial charge in [-0.1, -0.05) is 12.1 Å². The molecule has 0 amide bonds. The number of halogens is 1. The maximum atomic E-state index is 5.56. The molecule has 2 nitrogen and oxygen atoms in total. The Hall–Kier alpha value is -1.15. The fraction of sp³-hybridized carbons (Fsp3) is 0. The zero-order valence-electron chi connectivity index (χ0n) is 5.58. The van der Waals surface area contributed by atoms with Gasteiger partial charge in [-0.05, 0) is 23.7 Å². The first kappa shape index (κ1) is 6.55. The molecule has 0 radical (unpaired) electrons. The van der Waals surface area contributed by atoms with E-state index in [1.807, 2.05) is 18.2 Å². The lowest BCUT2D eigenvalue weighted by Crippen LogP contribution is -1.99. The van der Waals surface area contributed by atoms with Gasteiger partial charge in [0, 0.05) is 0 Å². The van der Waals surface area contributed by atoms with Crippen LogP contribution in [-0.4, -0.2) is 0 Å². The second-order valence-corrected chi connectivity index (χ2v) is 2.46. The molecule has 56 valence electrons. The molecule has 1 aromatic carbocycles. The number of benzene rings is 1. The smallest absolute Gasteiger partial charge is 0.229 e. The van der Waals surface area contributed by atoms with E-state index in [2.05, 4.69) is 0 Å². The molecule has 2 rings (SSSR count). The number of hydrogen-bond acceptors (Lipinski definition) is 2. The number of rotatable bonds is 0. The van der Waals surface area contributed by atoms with Crippen molar-refractivity contribution >= 4 is 11.6 Å². The molecule has 0 unspecified atom stereocenters. The van der Waals surface area contributed by atoms with Gasteiger partial charge in [0.05, 0.1) is 0 Å². The molecule has 0 aromatic heterocycles. The molecule has 0 aliphatic carbocycles. The van der Waals surface area contributed by atoms with Crippen molar-refractivity contribution < 1.29 is 9.47 Å². The van der Waals surface area contributed by atoms with Crippen LogP contribution in [0.1, 0.15) is 0 Å². The summed E-state index contributed by atoms with van der Waals surface area (Å²) in [6.07, 6.45) is 1.36. The molecule has 1 aliphatic rings. The van der Waals surface area contributed by atoms with Crippen LogP contribution in [0, 0.1) is 0 Å². The largest absolute Gasteiger partial charge is 0.456 e. The normalized spacial score (nSPS) is 14.1. The molecule has 3 heteroatoms. The molecular weight excluding hydrogens is 164 g/mol. The van der Waals surface area contributed by atoms with Crippen molar-refractivity contribution in [2.24, 2.45) is 0 Å². The fourth-order valence-electron chi connectivity index (χ4n) is 0.871. The average molecular weight is 169 g/mol. The minimum Gasteiger partial charge on any atom is -0.456 e. The van der Waals surface area contributed by atoms with Crippen molar-refractivity contribution in [3.63, 3.8) is 0 Å². The lowest BCUT2D eigenvalue weighted by atomic mass is 10.3. The van der Waals surface area contributed by atoms with Gasteiger partial charge in [-0.15, -0.1) is 0 Å². The van der Waals surface area contributed by atoms with E-state index in [1.165, 1.54) is 6.26 Å². The highest BCUT2D eigenvalue weighted by Crippen LogP contribution is 2.32. The topological polar surface area (TPSA) is 18.5 Å². The number of ether oxygens (including phenoxy) is 2. The van der Waals surface area contributed by atoms with E-state index in [0.717, 1.165) is 0 Å². The zero-order valence-corrected chi connectivity index (χ0v) is 6.34. The predicted molar refractivity (Wildman–Crippen MR) is 41.6 cm³/mol. The van der Waals surface area contributed by atoms with E-state index < -0.39 is 0 Å². The molecule has 0 saturated heterocycles. The molecule has 0 fully saturated rings. The van der Waals surface area contributed by atoms with Gasteiger partial charge in [0.15, 0.2) is 11.5 Å². The number of fused-ring (bicyclic) bond motifs is 1. The van der Waals surface area contributed by atoms with Crippen LogP contribution >= 0.6 is 11.6 Å². The first-order valence-electron chi connectivity index (χ1n) is 3.15. The van der Waals surface area contributed by atoms with E-state index >= 15 is 0 Å². The van der Waals surface area contributed by atoms with Crippen LogP contribution in [0.15, 0.2) is 35.7 Å². The summed E-state index contributed by atoms with van der Waals surface area (Å²) in [4.78, 5) is 0. The first-order valence-corrected chi connectivity index (χ1v) is 3.53. The molecule has 0 bridgehead atoms. The molecule has 0 atom stereocenters. The van der Waals surface area contributed by atoms with Gasteiger partial charge in [-0.25, -0.2) is 0 Å². The van der Waals surface area contributed by atoms with Gasteiger partial charge in [0.1, 0.15) is 6.26 Å². The molecule has 1 aromatic rings. The molecule has 1 heterocycles. The van der Waals surface area contributed by atoms with Gasteiger partial charge in [-0.2, -0.15) is 0 Å². The first-order chi connectivity index (χ1) is 5.36. The average Bonchev–Trinajstić information content (AvgIpc) is 2.04. The Bertz CT molecular complexity index is 307. The monoisotopic (exact) mass is 168 g/mol. The molecule has 1 aliphatic heterocycles. The van der Waals surface area contributed by atoms with Crippen LogP contribution in [0.5, 0.6) is 11.5 Å². The van der Waals surface area contributed by atoms with E-state index in [0.29, 0.717) is 11.5 Å². The summed E-state index contributed by atoms with van der Waals surface area (Å²) in [7, 11) is 0. The van der Waals surface area contributed by atoms with Gasteiger partial charge in [-0.3, -0.25) is 0 Å². The molecule has 0 spiro atoms. The highest BCUT2D eigenvalue weighted by atomic mass is 35.5. The maximum absolute atomic E-state index is 5.56. The van der Waals surface area contributed by atoms with Crippen molar-refractivity contribution in [3.05, 3.63) is 35.7 Å². The Morgan fingerprint density at radius 1 is 1.09 bits per heavy atom. The lowest BCUT2D eigenvalue weighted by Gasteiger charge is -2.13. The summed E-state index contributed by atoms with van der Waals surface area (Å²) in [6, 6.07) is 7.34. The second kappa shape index (κ2) is 2.47. The van der Waals surface area contributed by atoms with Crippen molar-refractivity contribution in [2.45, 2.75) is 0 Å². The molecule has 0 saturated carbocycles. The highest BCUT2D eigenvalue weighted by molar-refractivity contribution is 6.28. The zero-order chi connectivity index (χ0) is 7.68. The van der Waals surface area contributed by atoms with Crippen LogP contribution < -0.4 is 9.47 Å². The van der Waals surface area contributed by atoms with Gasteiger partial charge in [0.25, 0.3) is 0 Å². The summed E-state index contributed by atoms with van der Waals surface area (Å²) in [5.41, 5.74) is 0. The number of para-hydroxylation sites is 2. The molecule has 0 N–H and O–H groups in total. The van der Waals surface area contributed by atoms with E-state index in [-0.39, 0.29) is 5.22 Å². The minimum absolute atomic E-state index is 0.253. The van der Waals surface area contributed by atoms with Crippen LogP contribution in [-0.2, 0) is 0 Å². The third kappa shape index (κ3) is 1.17. The maximum Gasteiger partial charge on any atom is 0.229 e. The standard InChI is InChI=1S/C8H5ClO2/c9-8-5-10-6-3-1-2-4-7(6)11-8/h1-5H. The summed E-state index contributed by atoms with van der Waals surface area (Å²) >= 11 is 5.56. The van der Waals surface area contributed by atoms with E-state index in [9.17, 15) is 0 Å². The van der Waals surface area contributed by atoms with Gasteiger partial charge >= 0.3 is 0 Å². The van der Waals surface area contributed by atoms with E-state index in [4.69, 9.17) is 21.1 Å². The van der Waals surface area contributed by atoms with Crippen molar-refractivity contribution in [1.29, 1.82) is 0 Å². The molecule has 11 heavy (non-hydrogen) atoms. The Labute approximate surface area is 69.0 Å². The predicted octanol–water partition coefficient (Wildman–Crippen LogP) is 2.50. The summed E-state index contributed by atoms with van der Waals surface area (Å²) in [5.74, 6) is 1.34. The quantitative estimate of drug-likeness (QED) is 0.593. The Morgan fingerprint density at radius 2 is 1.82 bits per heavy atom. The van der Waals surface area contributed by atoms with Crippen LogP contribution in [0.4, 0.5) is 0 Å². The summed E-state index contributed by atoms with van der Waals surface area (Å²) in [5, 5.41) is 0.253. The fourth-order valence-corrected chi connectivity index (χ4v) is 0.998. The third-order valence-electron chi connectivity index (χ3n) is 1.34. The van der Waals surface area contributed by atoms with Crippen LogP contribution in [0.2, 0.25) is 0 Å². The van der Waals surface area contributed by atoms with Crippen molar-refractivity contribution in [2.75, 3.05) is 0 Å². The molecular formula is C8H5ClO2. The summed E-state index contributed by atoms with van der Waals surface area (Å²) < 4.78 is 10.3. The summed E-state index contributed by atoms with van der Waals surface area (Å²) in [6.45, 7) is 0. The minimum atomic E-state index is 0.253. The van der Waals surface area contributed by atoms with Gasteiger partial charge in [0.2, 0.25) is 5.22 Å². The van der Waals surface area contributed by atoms with Crippen LogP contribution in [0.3, 0.4) is 0 Å². The van der Waals surface area contributed by atoms with Crippen molar-refractivity contribution in [3.8, 4) is 11.5 Å². The second-order valence-electron chi connectivity index (χ2n) is 2.09. The highest BCUT2D eigenvalue weighted by Gasteiger charge is 2.10. The van der Waals surface area contributed by atoms with E-state index in [1.54, 1.807) is 6.07 Å².